The number of aromatic nitrogens is 5. The van der Waals surface area contributed by atoms with Crippen LogP contribution in [0.3, 0.4) is 0 Å². The van der Waals surface area contributed by atoms with Gasteiger partial charge in [-0.2, -0.15) is 5.10 Å². The fourth-order valence-corrected chi connectivity index (χ4v) is 2.41. The lowest BCUT2D eigenvalue weighted by molar-refractivity contribution is -0.116. The number of carbonyl (C=O) groups is 1. The van der Waals surface area contributed by atoms with Crippen molar-refractivity contribution in [2.24, 2.45) is 0 Å². The lowest BCUT2D eigenvalue weighted by atomic mass is 10.2. The van der Waals surface area contributed by atoms with Gasteiger partial charge >= 0.3 is 0 Å². The van der Waals surface area contributed by atoms with Gasteiger partial charge < -0.3 is 5.32 Å². The van der Waals surface area contributed by atoms with E-state index in [1.807, 2.05) is 13.8 Å². The van der Waals surface area contributed by atoms with Crippen molar-refractivity contribution in [3.05, 3.63) is 46.9 Å². The van der Waals surface area contributed by atoms with Gasteiger partial charge in [0.25, 0.3) is 5.56 Å². The van der Waals surface area contributed by atoms with Gasteiger partial charge in [0.05, 0.1) is 18.1 Å². The Morgan fingerprint density at radius 3 is 2.83 bits per heavy atom. The zero-order valence-electron chi connectivity index (χ0n) is 13.5. The highest BCUT2D eigenvalue weighted by molar-refractivity contribution is 5.89. The van der Waals surface area contributed by atoms with Crippen LogP contribution < -0.4 is 10.9 Å². The molecule has 2 heterocycles. The van der Waals surface area contributed by atoms with E-state index in [9.17, 15) is 9.59 Å². The first-order chi connectivity index (χ1) is 11.6. The van der Waals surface area contributed by atoms with Gasteiger partial charge in [-0.3, -0.25) is 9.59 Å². The fraction of sp³-hybridized carbons (Fsp3) is 0.312. The van der Waals surface area contributed by atoms with Crippen LogP contribution in [-0.2, 0) is 11.3 Å². The van der Waals surface area contributed by atoms with Crippen LogP contribution in [0.2, 0.25) is 0 Å². The fourth-order valence-electron chi connectivity index (χ4n) is 2.41. The molecule has 0 unspecified atom stereocenters. The second kappa shape index (κ2) is 6.61. The van der Waals surface area contributed by atoms with Crippen molar-refractivity contribution < 1.29 is 4.79 Å². The summed E-state index contributed by atoms with van der Waals surface area (Å²) < 4.78 is 2.93. The van der Waals surface area contributed by atoms with Crippen molar-refractivity contribution in [3.63, 3.8) is 0 Å². The molecule has 1 aromatic carbocycles. The molecule has 8 nitrogen and oxygen atoms in total. The first-order valence-electron chi connectivity index (χ1n) is 7.72. The van der Waals surface area contributed by atoms with Gasteiger partial charge in [0.15, 0.2) is 0 Å². The maximum Gasteiger partial charge on any atom is 0.277 e. The molecule has 0 fully saturated rings. The molecule has 0 radical (unpaired) electrons. The first-order valence-corrected chi connectivity index (χ1v) is 7.72. The summed E-state index contributed by atoms with van der Waals surface area (Å²) in [7, 11) is 0. The third kappa shape index (κ3) is 3.17. The van der Waals surface area contributed by atoms with Gasteiger partial charge in [-0.1, -0.05) is 17.3 Å². The molecule has 3 aromatic rings. The number of aryl methyl sites for hydroxylation is 1. The van der Waals surface area contributed by atoms with Gasteiger partial charge in [0.2, 0.25) is 5.91 Å². The van der Waals surface area contributed by atoms with Crippen LogP contribution in [0.1, 0.15) is 26.3 Å². The summed E-state index contributed by atoms with van der Waals surface area (Å²) in [5, 5.41) is 15.3. The number of nitrogens with zero attached hydrogens (tertiary/aromatic N) is 5. The number of carbonyl (C=O) groups excluding carboxylic acids is 1. The second-order valence-electron chi connectivity index (χ2n) is 5.69. The molecule has 0 saturated carbocycles. The van der Waals surface area contributed by atoms with Crippen LogP contribution in [0, 0.1) is 0 Å². The van der Waals surface area contributed by atoms with Crippen LogP contribution in [-0.4, -0.2) is 30.7 Å². The highest BCUT2D eigenvalue weighted by Gasteiger charge is 2.11. The summed E-state index contributed by atoms with van der Waals surface area (Å²) in [6.07, 6.45) is 1.76. The van der Waals surface area contributed by atoms with Crippen molar-refractivity contribution in [1.29, 1.82) is 0 Å². The first kappa shape index (κ1) is 15.9. The lowest BCUT2D eigenvalue weighted by Crippen LogP contribution is -2.27. The number of fused-ring (bicyclic) bond motifs is 1. The molecule has 124 valence electrons. The zero-order chi connectivity index (χ0) is 17.1. The van der Waals surface area contributed by atoms with Crippen molar-refractivity contribution in [1.82, 2.24) is 24.8 Å². The largest absolute Gasteiger partial charge is 0.311 e. The Morgan fingerprint density at radius 1 is 1.25 bits per heavy atom. The summed E-state index contributed by atoms with van der Waals surface area (Å²) >= 11 is 0. The molecule has 0 aliphatic heterocycles. The minimum Gasteiger partial charge on any atom is -0.311 e. The number of rotatable bonds is 5. The lowest BCUT2D eigenvalue weighted by Gasteiger charge is -2.11. The SMILES string of the molecule is CC(C)n1nccc1NC(=O)CCn1nnc2ccccc2c1=O. The predicted molar refractivity (Wildman–Crippen MR) is 89.7 cm³/mol. The Balaban J connectivity index is 1.69. The summed E-state index contributed by atoms with van der Waals surface area (Å²) in [6, 6.07) is 8.88. The van der Waals surface area contributed by atoms with Crippen LogP contribution >= 0.6 is 0 Å². The highest BCUT2D eigenvalue weighted by Crippen LogP contribution is 2.13. The van der Waals surface area contributed by atoms with E-state index < -0.39 is 0 Å². The van der Waals surface area contributed by atoms with E-state index in [2.05, 4.69) is 20.7 Å². The van der Waals surface area contributed by atoms with Gasteiger partial charge in [0, 0.05) is 18.5 Å². The molecule has 0 atom stereocenters. The Labute approximate surface area is 138 Å². The third-order valence-corrected chi connectivity index (χ3v) is 3.61. The van der Waals surface area contributed by atoms with E-state index in [4.69, 9.17) is 0 Å². The van der Waals surface area contributed by atoms with Gasteiger partial charge in [-0.25, -0.2) is 9.36 Å². The average Bonchev–Trinajstić information content (AvgIpc) is 3.03. The number of amides is 1. The molecule has 24 heavy (non-hydrogen) atoms. The van der Waals surface area contributed by atoms with E-state index in [1.165, 1.54) is 4.68 Å². The molecule has 0 spiro atoms. The number of hydrogen-bond acceptors (Lipinski definition) is 5. The Hall–Kier alpha value is -3.03. The standard InChI is InChI=1S/C16H18N6O2/c1-11(2)22-14(7-9-17-22)18-15(23)8-10-21-16(24)12-5-3-4-6-13(12)19-20-21/h3-7,9,11H,8,10H2,1-2H3,(H,18,23). The maximum absolute atomic E-state index is 12.3. The van der Waals surface area contributed by atoms with Crippen molar-refractivity contribution in [2.45, 2.75) is 32.9 Å². The quantitative estimate of drug-likeness (QED) is 0.768. The van der Waals surface area contributed by atoms with Crippen molar-refractivity contribution in [2.75, 3.05) is 5.32 Å². The molecular formula is C16H18N6O2. The normalized spacial score (nSPS) is 11.1. The van der Waals surface area contributed by atoms with Gasteiger partial charge in [0.1, 0.15) is 11.3 Å². The highest BCUT2D eigenvalue weighted by atomic mass is 16.2. The second-order valence-corrected chi connectivity index (χ2v) is 5.69. The van der Waals surface area contributed by atoms with Crippen LogP contribution in [0.15, 0.2) is 41.3 Å². The van der Waals surface area contributed by atoms with E-state index in [1.54, 1.807) is 41.2 Å². The molecule has 0 bridgehead atoms. The topological polar surface area (TPSA) is 94.7 Å². The van der Waals surface area contributed by atoms with E-state index in [0.717, 1.165) is 0 Å². The van der Waals surface area contributed by atoms with Crippen LogP contribution in [0.4, 0.5) is 5.82 Å². The number of nitrogens with one attached hydrogen (secondary N) is 1. The molecular weight excluding hydrogens is 308 g/mol. The summed E-state index contributed by atoms with van der Waals surface area (Å²) in [6.45, 7) is 4.12. The third-order valence-electron chi connectivity index (χ3n) is 3.61. The summed E-state index contributed by atoms with van der Waals surface area (Å²) in [4.78, 5) is 24.4. The number of hydrogen-bond donors (Lipinski definition) is 1. The Kier molecular flexibility index (Phi) is 4.37. The zero-order valence-corrected chi connectivity index (χ0v) is 13.5. The minimum atomic E-state index is -0.249. The summed E-state index contributed by atoms with van der Waals surface area (Å²) in [5.41, 5.74) is 0.296. The minimum absolute atomic E-state index is 0.121. The smallest absolute Gasteiger partial charge is 0.277 e. The van der Waals surface area contributed by atoms with E-state index >= 15 is 0 Å². The van der Waals surface area contributed by atoms with Crippen LogP contribution in [0.5, 0.6) is 0 Å². The maximum atomic E-state index is 12.3. The van der Waals surface area contributed by atoms with E-state index in [-0.39, 0.29) is 30.5 Å². The van der Waals surface area contributed by atoms with Crippen LogP contribution in [0.25, 0.3) is 10.9 Å². The number of benzene rings is 1. The predicted octanol–water partition coefficient (Wildman–Crippen LogP) is 1.60. The Bertz CT molecular complexity index is 927. The molecule has 0 aliphatic carbocycles. The summed E-state index contributed by atoms with van der Waals surface area (Å²) in [5.74, 6) is 0.422. The molecule has 2 aromatic heterocycles. The van der Waals surface area contributed by atoms with Crippen molar-refractivity contribution >= 4 is 22.6 Å². The number of anilines is 1. The molecule has 0 saturated heterocycles. The molecule has 3 rings (SSSR count). The molecule has 8 heteroatoms. The van der Waals surface area contributed by atoms with Crippen molar-refractivity contribution in [3.8, 4) is 0 Å². The average molecular weight is 326 g/mol. The van der Waals surface area contributed by atoms with Gasteiger partial charge in [-0.15, -0.1) is 5.10 Å². The molecule has 1 amide bonds. The Morgan fingerprint density at radius 2 is 2.04 bits per heavy atom. The molecule has 1 N–H and O–H groups in total. The monoisotopic (exact) mass is 326 g/mol. The van der Waals surface area contributed by atoms with Gasteiger partial charge in [-0.05, 0) is 26.0 Å². The van der Waals surface area contributed by atoms with E-state index in [0.29, 0.717) is 16.7 Å². The molecule has 0 aliphatic rings.